The van der Waals surface area contributed by atoms with Crippen LogP contribution >= 0.6 is 21.6 Å². The molecule has 2 aromatic rings. The van der Waals surface area contributed by atoms with E-state index in [1.165, 1.54) is 0 Å². The topological polar surface area (TPSA) is 76.6 Å². The third-order valence-corrected chi connectivity index (χ3v) is 6.02. The average molecular weight is 388 g/mol. The predicted octanol–water partition coefficient (Wildman–Crippen LogP) is 3.55. The summed E-state index contributed by atoms with van der Waals surface area (Å²) in [5.74, 6) is -0.996. The maximum atomic E-state index is 12.4. The molecule has 8 heteroatoms. The number of hydroxylamine groups is 2. The molecule has 0 bridgehead atoms. The van der Waals surface area contributed by atoms with Gasteiger partial charge in [-0.15, -0.1) is 5.06 Å². The molecule has 0 atom stereocenters. The molecule has 0 unspecified atom stereocenters. The molecular weight excluding hydrogens is 372 g/mol. The first kappa shape index (κ1) is 18.5. The van der Waals surface area contributed by atoms with Crippen molar-refractivity contribution in [1.29, 1.82) is 0 Å². The minimum Gasteiger partial charge on any atom is -0.325 e. The zero-order valence-electron chi connectivity index (χ0n) is 14.0. The predicted molar refractivity (Wildman–Crippen MR) is 99.1 cm³/mol. The molecule has 1 aliphatic heterocycles. The highest BCUT2D eigenvalue weighted by Gasteiger charge is 2.33. The molecule has 6 nitrogen and oxygen atoms in total. The second-order valence-electron chi connectivity index (χ2n) is 5.56. The van der Waals surface area contributed by atoms with E-state index in [2.05, 4.69) is 4.98 Å². The first-order chi connectivity index (χ1) is 12.6. The Bertz CT molecular complexity index is 826. The summed E-state index contributed by atoms with van der Waals surface area (Å²) in [4.78, 5) is 44.8. The van der Waals surface area contributed by atoms with Gasteiger partial charge in [-0.25, -0.2) is 9.78 Å². The third kappa shape index (κ3) is 4.25. The first-order valence-electron chi connectivity index (χ1n) is 7.93. The van der Waals surface area contributed by atoms with E-state index in [4.69, 9.17) is 4.84 Å². The summed E-state index contributed by atoms with van der Waals surface area (Å²) >= 11 is 0. The minimum atomic E-state index is -0.699. The van der Waals surface area contributed by atoms with Gasteiger partial charge in [0.05, 0.1) is 5.56 Å². The fourth-order valence-electron chi connectivity index (χ4n) is 2.40. The van der Waals surface area contributed by atoms with Gasteiger partial charge in [0, 0.05) is 24.8 Å². The number of amides is 2. The van der Waals surface area contributed by atoms with E-state index >= 15 is 0 Å². The van der Waals surface area contributed by atoms with Crippen molar-refractivity contribution in [1.82, 2.24) is 10.0 Å². The van der Waals surface area contributed by atoms with Gasteiger partial charge in [-0.1, -0.05) is 29.0 Å². The molecular formula is C18H16N2O4S2. The van der Waals surface area contributed by atoms with Crippen molar-refractivity contribution >= 4 is 39.4 Å². The number of rotatable bonds is 6. The molecule has 2 amide bonds. The number of nitrogens with zero attached hydrogens (tertiary/aromatic N) is 2. The summed E-state index contributed by atoms with van der Waals surface area (Å²) in [6.45, 7) is 1.82. The molecule has 1 aromatic heterocycles. The van der Waals surface area contributed by atoms with Gasteiger partial charge in [0.25, 0.3) is 11.8 Å². The highest BCUT2D eigenvalue weighted by molar-refractivity contribution is 8.76. The minimum absolute atomic E-state index is 0.0759. The van der Waals surface area contributed by atoms with E-state index in [-0.39, 0.29) is 12.8 Å². The Kier molecular flexibility index (Phi) is 5.95. The highest BCUT2D eigenvalue weighted by Crippen LogP contribution is 2.33. The number of aromatic nitrogens is 1. The Labute approximate surface area is 158 Å². The van der Waals surface area contributed by atoms with Gasteiger partial charge in [0.2, 0.25) is 0 Å². The number of hydrogen-bond acceptors (Lipinski definition) is 7. The van der Waals surface area contributed by atoms with Gasteiger partial charge < -0.3 is 4.84 Å². The zero-order valence-corrected chi connectivity index (χ0v) is 15.6. The van der Waals surface area contributed by atoms with Crippen LogP contribution in [0.2, 0.25) is 0 Å². The normalized spacial score (nSPS) is 14.0. The lowest BCUT2D eigenvalue weighted by molar-refractivity contribution is -0.172. The SMILES string of the molecule is Cc1c(CSSc2ccccn2)cccc1C(=O)ON1C(=O)CCC1=O. The van der Waals surface area contributed by atoms with Crippen molar-refractivity contribution in [3.8, 4) is 0 Å². The Hall–Kier alpha value is -2.32. The van der Waals surface area contributed by atoms with Crippen LogP contribution in [0.25, 0.3) is 0 Å². The van der Waals surface area contributed by atoms with Crippen molar-refractivity contribution in [2.45, 2.75) is 30.5 Å². The Morgan fingerprint density at radius 2 is 1.92 bits per heavy atom. The monoisotopic (exact) mass is 388 g/mol. The lowest BCUT2D eigenvalue weighted by Gasteiger charge is -2.15. The van der Waals surface area contributed by atoms with E-state index in [9.17, 15) is 14.4 Å². The van der Waals surface area contributed by atoms with Crippen molar-refractivity contribution in [3.05, 3.63) is 59.3 Å². The van der Waals surface area contributed by atoms with E-state index in [1.807, 2.05) is 31.2 Å². The van der Waals surface area contributed by atoms with Crippen LogP contribution in [0.15, 0.2) is 47.6 Å². The first-order valence-corrected chi connectivity index (χ1v) is 10.2. The number of hydrogen-bond donors (Lipinski definition) is 0. The molecule has 1 fully saturated rings. The van der Waals surface area contributed by atoms with Crippen LogP contribution < -0.4 is 0 Å². The van der Waals surface area contributed by atoms with E-state index in [0.29, 0.717) is 16.4 Å². The molecule has 3 rings (SSSR count). The molecule has 0 saturated carbocycles. The number of carbonyl (C=O) groups is 3. The van der Waals surface area contributed by atoms with Crippen molar-refractivity contribution in [3.63, 3.8) is 0 Å². The summed E-state index contributed by atoms with van der Waals surface area (Å²) in [6, 6.07) is 11.1. The van der Waals surface area contributed by atoms with Gasteiger partial charge >= 0.3 is 5.97 Å². The van der Waals surface area contributed by atoms with Crippen molar-refractivity contribution < 1.29 is 19.2 Å². The summed E-state index contributed by atoms with van der Waals surface area (Å²) in [7, 11) is 3.17. The standard InChI is InChI=1S/C18H16N2O4S2/c1-12-13(11-25-26-15-7-2-3-10-19-15)5-4-6-14(12)18(23)24-20-16(21)8-9-17(20)22/h2-7,10H,8-9,11H2,1H3. The number of imide groups is 1. The summed E-state index contributed by atoms with van der Waals surface area (Å²) in [5, 5.41) is 1.48. The smallest absolute Gasteiger partial charge is 0.325 e. The number of benzene rings is 1. The third-order valence-electron chi connectivity index (χ3n) is 3.84. The van der Waals surface area contributed by atoms with Crippen LogP contribution in [0, 0.1) is 6.92 Å². The average Bonchev–Trinajstić information content (AvgIpc) is 2.96. The Morgan fingerprint density at radius 1 is 1.15 bits per heavy atom. The van der Waals surface area contributed by atoms with E-state index < -0.39 is 17.8 Å². The highest BCUT2D eigenvalue weighted by atomic mass is 33.1. The van der Waals surface area contributed by atoms with Gasteiger partial charge in [0.15, 0.2) is 0 Å². The van der Waals surface area contributed by atoms with Crippen molar-refractivity contribution in [2.24, 2.45) is 0 Å². The number of carbonyl (C=O) groups excluding carboxylic acids is 3. The maximum Gasteiger partial charge on any atom is 0.364 e. The van der Waals surface area contributed by atoms with Crippen LogP contribution in [-0.2, 0) is 20.2 Å². The van der Waals surface area contributed by atoms with Crippen LogP contribution in [-0.4, -0.2) is 27.8 Å². The maximum absolute atomic E-state index is 12.4. The fourth-order valence-corrected chi connectivity index (χ4v) is 4.47. The zero-order chi connectivity index (χ0) is 18.5. The second-order valence-corrected chi connectivity index (χ2v) is 7.88. The van der Waals surface area contributed by atoms with Gasteiger partial charge in [0.1, 0.15) is 5.03 Å². The number of pyridine rings is 1. The van der Waals surface area contributed by atoms with Crippen molar-refractivity contribution in [2.75, 3.05) is 0 Å². The molecule has 0 aliphatic carbocycles. The largest absolute Gasteiger partial charge is 0.364 e. The lowest BCUT2D eigenvalue weighted by Crippen LogP contribution is -2.32. The molecule has 134 valence electrons. The molecule has 2 heterocycles. The molecule has 1 saturated heterocycles. The molecule has 0 spiro atoms. The van der Waals surface area contributed by atoms with Crippen LogP contribution in [0.3, 0.4) is 0 Å². The summed E-state index contributed by atoms with van der Waals surface area (Å²) in [6.07, 6.45) is 1.89. The molecule has 0 N–H and O–H groups in total. The Balaban J connectivity index is 1.65. The summed E-state index contributed by atoms with van der Waals surface area (Å²) < 4.78 is 0. The quantitative estimate of drug-likeness (QED) is 0.553. The fraction of sp³-hybridized carbons (Fsp3) is 0.222. The summed E-state index contributed by atoms with van der Waals surface area (Å²) in [5.41, 5.74) is 2.09. The van der Waals surface area contributed by atoms with Crippen LogP contribution in [0.1, 0.15) is 34.3 Å². The molecule has 26 heavy (non-hydrogen) atoms. The molecule has 1 aromatic carbocycles. The van der Waals surface area contributed by atoms with Crippen LogP contribution in [0.4, 0.5) is 0 Å². The van der Waals surface area contributed by atoms with Gasteiger partial charge in [-0.05, 0) is 47.0 Å². The van der Waals surface area contributed by atoms with Crippen LogP contribution in [0.5, 0.6) is 0 Å². The molecule has 1 aliphatic rings. The second kappa shape index (κ2) is 8.37. The molecule has 0 radical (unpaired) electrons. The van der Waals surface area contributed by atoms with E-state index in [1.54, 1.807) is 39.9 Å². The van der Waals surface area contributed by atoms with E-state index in [0.717, 1.165) is 16.2 Å². The Morgan fingerprint density at radius 3 is 2.62 bits per heavy atom. The lowest BCUT2D eigenvalue weighted by atomic mass is 10.0. The van der Waals surface area contributed by atoms with Gasteiger partial charge in [-0.3, -0.25) is 9.59 Å². The van der Waals surface area contributed by atoms with Gasteiger partial charge in [-0.2, -0.15) is 0 Å².